The molecule has 0 aromatic heterocycles. The highest BCUT2D eigenvalue weighted by Crippen LogP contribution is 2.34. The van der Waals surface area contributed by atoms with Crippen molar-refractivity contribution in [3.8, 4) is 0 Å². The summed E-state index contributed by atoms with van der Waals surface area (Å²) >= 11 is 0. The van der Waals surface area contributed by atoms with Crippen LogP contribution in [0.2, 0.25) is 0 Å². The lowest BCUT2D eigenvalue weighted by Gasteiger charge is -2.32. The van der Waals surface area contributed by atoms with E-state index in [1.54, 1.807) is 13.2 Å². The second-order valence-electron chi connectivity index (χ2n) is 6.72. The van der Waals surface area contributed by atoms with Gasteiger partial charge < -0.3 is 10.6 Å². The number of rotatable bonds is 5. The van der Waals surface area contributed by atoms with Crippen LogP contribution in [0.15, 0.2) is 18.2 Å². The average molecular weight is 346 g/mol. The van der Waals surface area contributed by atoms with Crippen molar-refractivity contribution in [2.75, 3.05) is 12.0 Å². The first-order chi connectivity index (χ1) is 10.5. The predicted octanol–water partition coefficient (Wildman–Crippen LogP) is 3.12. The highest BCUT2D eigenvalue weighted by Gasteiger charge is 2.30. The largest absolute Gasteiger partial charge is 0.335 e. The number of hydrogen-bond donors (Lipinski definition) is 2. The first-order valence-corrected chi connectivity index (χ1v) is 9.05. The van der Waals surface area contributed by atoms with Gasteiger partial charge in [0.25, 0.3) is 0 Å². The third-order valence-corrected chi connectivity index (χ3v) is 4.25. The van der Waals surface area contributed by atoms with Gasteiger partial charge in [-0.1, -0.05) is 26.8 Å². The Kier molecular flexibility index (Phi) is 6.68. The van der Waals surface area contributed by atoms with E-state index < -0.39 is 39.9 Å². The van der Waals surface area contributed by atoms with Crippen LogP contribution in [-0.4, -0.2) is 28.3 Å². The minimum absolute atomic E-state index is 0.223. The van der Waals surface area contributed by atoms with Gasteiger partial charge in [-0.3, -0.25) is 4.21 Å². The van der Waals surface area contributed by atoms with Gasteiger partial charge in [-0.25, -0.2) is 13.6 Å². The summed E-state index contributed by atoms with van der Waals surface area (Å²) in [6.45, 7) is 7.30. The lowest BCUT2D eigenvalue weighted by molar-refractivity contribution is 0.215. The van der Waals surface area contributed by atoms with E-state index in [2.05, 4.69) is 10.6 Å². The molecule has 23 heavy (non-hydrogen) atoms. The van der Waals surface area contributed by atoms with Gasteiger partial charge in [0.05, 0.1) is 6.04 Å². The Bertz CT molecular complexity index is 588. The molecule has 0 aliphatic heterocycles. The molecule has 0 saturated heterocycles. The van der Waals surface area contributed by atoms with Gasteiger partial charge in [0, 0.05) is 40.5 Å². The molecule has 0 unspecified atom stereocenters. The molecule has 3 atom stereocenters. The van der Waals surface area contributed by atoms with E-state index in [4.69, 9.17) is 0 Å². The predicted molar refractivity (Wildman–Crippen MR) is 88.6 cm³/mol. The summed E-state index contributed by atoms with van der Waals surface area (Å²) in [5.74, 6) is -1.03. The van der Waals surface area contributed by atoms with E-state index in [0.29, 0.717) is 5.75 Å². The number of hydrogen-bond acceptors (Lipinski definition) is 2. The van der Waals surface area contributed by atoms with Crippen LogP contribution in [0.3, 0.4) is 0 Å². The fourth-order valence-corrected chi connectivity index (χ4v) is 3.07. The lowest BCUT2D eigenvalue weighted by Crippen LogP contribution is -2.47. The Morgan fingerprint density at radius 1 is 1.26 bits per heavy atom. The molecule has 2 N–H and O–H groups in total. The van der Waals surface area contributed by atoms with Crippen molar-refractivity contribution >= 4 is 16.8 Å². The van der Waals surface area contributed by atoms with Gasteiger partial charge in [-0.05, 0) is 18.4 Å². The molecular formula is C16H24F2N2O2S. The summed E-state index contributed by atoms with van der Waals surface area (Å²) in [5.41, 5.74) is -0.256. The van der Waals surface area contributed by atoms with Crippen molar-refractivity contribution in [3.63, 3.8) is 0 Å². The van der Waals surface area contributed by atoms with Crippen molar-refractivity contribution in [2.45, 2.75) is 39.8 Å². The first-order valence-electron chi connectivity index (χ1n) is 7.32. The van der Waals surface area contributed by atoms with Gasteiger partial charge in [0.15, 0.2) is 0 Å². The lowest BCUT2D eigenvalue weighted by atomic mass is 9.82. The molecule has 7 heteroatoms. The van der Waals surface area contributed by atoms with Crippen molar-refractivity contribution in [1.29, 1.82) is 0 Å². The van der Waals surface area contributed by atoms with Gasteiger partial charge in [0.1, 0.15) is 11.6 Å². The van der Waals surface area contributed by atoms with Crippen LogP contribution in [0.25, 0.3) is 0 Å². The molecule has 4 nitrogen and oxygen atoms in total. The highest BCUT2D eigenvalue weighted by atomic mass is 32.2. The molecule has 0 saturated carbocycles. The van der Waals surface area contributed by atoms with E-state index in [-0.39, 0.29) is 11.6 Å². The van der Waals surface area contributed by atoms with Gasteiger partial charge >= 0.3 is 6.03 Å². The maximum Gasteiger partial charge on any atom is 0.315 e. The van der Waals surface area contributed by atoms with Crippen molar-refractivity contribution in [1.82, 2.24) is 10.6 Å². The standard InChI is InChI=1S/C16H24F2N2O2S/c1-10(9-23(5)22)19-15(21)20-14(16(2,3)4)12-7-6-11(17)8-13(12)18/h6-8,10,14H,9H2,1-5H3,(H2,19,20,21)/t10-,14-,23-/m1/s1. The van der Waals surface area contributed by atoms with Crippen LogP contribution < -0.4 is 10.6 Å². The molecule has 0 bridgehead atoms. The van der Waals surface area contributed by atoms with Gasteiger partial charge in [-0.2, -0.15) is 0 Å². The smallest absolute Gasteiger partial charge is 0.315 e. The number of nitrogens with one attached hydrogen (secondary N) is 2. The Balaban J connectivity index is 2.92. The molecule has 1 aromatic rings. The molecule has 2 amide bonds. The number of halogens is 2. The summed E-state index contributed by atoms with van der Waals surface area (Å²) < 4.78 is 38.3. The van der Waals surface area contributed by atoms with Crippen LogP contribution in [0.4, 0.5) is 13.6 Å². The zero-order chi connectivity index (χ0) is 17.8. The zero-order valence-corrected chi connectivity index (χ0v) is 14.9. The summed E-state index contributed by atoms with van der Waals surface area (Å²) in [5, 5.41) is 5.40. The number of benzene rings is 1. The third kappa shape index (κ3) is 6.25. The van der Waals surface area contributed by atoms with E-state index in [1.807, 2.05) is 20.8 Å². The molecule has 130 valence electrons. The third-order valence-electron chi connectivity index (χ3n) is 3.28. The Morgan fingerprint density at radius 3 is 2.35 bits per heavy atom. The summed E-state index contributed by atoms with van der Waals surface area (Å²) in [7, 11) is -1.03. The van der Waals surface area contributed by atoms with Gasteiger partial charge in [0.2, 0.25) is 0 Å². The molecule has 0 spiro atoms. The molecular weight excluding hydrogens is 322 g/mol. The fourth-order valence-electron chi connectivity index (χ4n) is 2.29. The number of carbonyl (C=O) groups excluding carboxylic acids is 1. The van der Waals surface area contributed by atoms with E-state index in [1.165, 1.54) is 12.1 Å². The van der Waals surface area contributed by atoms with Crippen LogP contribution in [0, 0.1) is 17.0 Å². The van der Waals surface area contributed by atoms with Crippen LogP contribution in [0.1, 0.15) is 39.3 Å². The fraction of sp³-hybridized carbons (Fsp3) is 0.562. The van der Waals surface area contributed by atoms with Crippen LogP contribution in [0.5, 0.6) is 0 Å². The van der Waals surface area contributed by atoms with Crippen LogP contribution in [-0.2, 0) is 10.8 Å². The maximum atomic E-state index is 14.1. The number of carbonyl (C=O) groups is 1. The van der Waals surface area contributed by atoms with Crippen LogP contribution >= 0.6 is 0 Å². The molecule has 0 heterocycles. The van der Waals surface area contributed by atoms with Crippen molar-refractivity contribution < 1.29 is 17.8 Å². The number of urea groups is 1. The van der Waals surface area contributed by atoms with Crippen molar-refractivity contribution in [2.24, 2.45) is 5.41 Å². The minimum atomic E-state index is -1.03. The monoisotopic (exact) mass is 346 g/mol. The Morgan fingerprint density at radius 2 is 1.87 bits per heavy atom. The Labute approximate surface area is 138 Å². The second kappa shape index (κ2) is 7.86. The second-order valence-corrected chi connectivity index (χ2v) is 8.20. The number of amides is 2. The first kappa shape index (κ1) is 19.5. The highest BCUT2D eigenvalue weighted by molar-refractivity contribution is 7.84. The average Bonchev–Trinajstić information content (AvgIpc) is 2.34. The zero-order valence-electron chi connectivity index (χ0n) is 14.1. The quantitative estimate of drug-likeness (QED) is 0.861. The molecule has 0 aliphatic carbocycles. The van der Waals surface area contributed by atoms with E-state index in [0.717, 1.165) is 6.07 Å². The topological polar surface area (TPSA) is 58.2 Å². The minimum Gasteiger partial charge on any atom is -0.335 e. The van der Waals surface area contributed by atoms with Gasteiger partial charge in [-0.15, -0.1) is 0 Å². The molecule has 0 aliphatic rings. The van der Waals surface area contributed by atoms with Crippen molar-refractivity contribution in [3.05, 3.63) is 35.4 Å². The molecule has 0 radical (unpaired) electrons. The summed E-state index contributed by atoms with van der Waals surface area (Å²) in [6, 6.07) is 1.91. The Hall–Kier alpha value is -1.50. The van der Waals surface area contributed by atoms with E-state index >= 15 is 0 Å². The molecule has 1 aromatic carbocycles. The molecule has 0 fully saturated rings. The summed E-state index contributed by atoms with van der Waals surface area (Å²) in [4.78, 5) is 12.1. The maximum absolute atomic E-state index is 14.1. The summed E-state index contributed by atoms with van der Waals surface area (Å²) in [6.07, 6.45) is 1.56. The molecule has 1 rings (SSSR count). The van der Waals surface area contributed by atoms with E-state index in [9.17, 15) is 17.8 Å². The SMILES string of the molecule is C[C@H](C[S@@](C)=O)NC(=O)N[C@H](c1ccc(F)cc1F)C(C)(C)C. The normalized spacial score (nSPS) is 15.6.